The van der Waals surface area contributed by atoms with Gasteiger partial charge in [-0.25, -0.2) is 14.8 Å². The molecule has 158 valence electrons. The third-order valence-corrected chi connectivity index (χ3v) is 7.28. The van der Waals surface area contributed by atoms with E-state index in [4.69, 9.17) is 4.98 Å². The first kappa shape index (κ1) is 19.3. The monoisotopic (exact) mass is 425 g/mol. The molecular formula is C21H27N7OS. The molecular weight excluding hydrogens is 398 g/mol. The Morgan fingerprint density at radius 2 is 2.00 bits per heavy atom. The number of urea groups is 1. The number of aromatic nitrogens is 2. The summed E-state index contributed by atoms with van der Waals surface area (Å²) in [6.07, 6.45) is 6.29. The van der Waals surface area contributed by atoms with Crippen LogP contribution in [-0.4, -0.2) is 53.6 Å². The van der Waals surface area contributed by atoms with E-state index in [1.54, 1.807) is 18.1 Å². The molecule has 1 aromatic heterocycles. The molecule has 0 radical (unpaired) electrons. The second-order valence-corrected chi connectivity index (χ2v) is 9.01. The summed E-state index contributed by atoms with van der Waals surface area (Å²) in [5.41, 5.74) is 2.94. The van der Waals surface area contributed by atoms with Gasteiger partial charge in [0.05, 0.1) is 23.8 Å². The van der Waals surface area contributed by atoms with Crippen LogP contribution < -0.4 is 20.1 Å². The molecule has 2 aromatic rings. The summed E-state index contributed by atoms with van der Waals surface area (Å²) in [4.78, 5) is 27.5. The Morgan fingerprint density at radius 1 is 1.20 bits per heavy atom. The largest absolute Gasteiger partial charge is 0.364 e. The Morgan fingerprint density at radius 3 is 2.77 bits per heavy atom. The molecule has 0 unspecified atom stereocenters. The molecule has 1 fully saturated rings. The van der Waals surface area contributed by atoms with Crippen LogP contribution in [0.2, 0.25) is 0 Å². The highest BCUT2D eigenvalue weighted by Gasteiger charge is 2.39. The van der Waals surface area contributed by atoms with Gasteiger partial charge in [-0.2, -0.15) is 4.98 Å². The molecule has 2 aliphatic heterocycles. The molecule has 9 heteroatoms. The zero-order valence-electron chi connectivity index (χ0n) is 17.6. The quantitative estimate of drug-likeness (QED) is 0.784. The molecule has 8 nitrogen and oxygen atoms in total. The number of nitrogens with zero attached hydrogens (tertiary/aromatic N) is 6. The number of fused-ring (bicyclic) bond motifs is 2. The summed E-state index contributed by atoms with van der Waals surface area (Å²) in [7, 11) is 3.89. The lowest BCUT2D eigenvalue weighted by molar-refractivity contribution is 0.191. The SMILES string of the molecule is CCN1C(=O)N(C)c2cnc(Nc3ccc4c(c3)N(C)CS4)nc2N1C1CCCC1. The van der Waals surface area contributed by atoms with Crippen molar-refractivity contribution in [2.75, 3.05) is 46.6 Å². The van der Waals surface area contributed by atoms with E-state index in [0.29, 0.717) is 18.5 Å². The molecule has 0 saturated heterocycles. The third-order valence-electron chi connectivity index (χ3n) is 6.11. The van der Waals surface area contributed by atoms with Crippen LogP contribution >= 0.6 is 11.8 Å². The predicted molar refractivity (Wildman–Crippen MR) is 122 cm³/mol. The number of hydrazine groups is 1. The zero-order chi connectivity index (χ0) is 20.8. The van der Waals surface area contributed by atoms with Crippen LogP contribution in [0, 0.1) is 0 Å². The van der Waals surface area contributed by atoms with Crippen LogP contribution in [0.5, 0.6) is 0 Å². The van der Waals surface area contributed by atoms with E-state index in [2.05, 4.69) is 45.5 Å². The minimum Gasteiger partial charge on any atom is -0.364 e. The van der Waals surface area contributed by atoms with Crippen molar-refractivity contribution in [3.63, 3.8) is 0 Å². The van der Waals surface area contributed by atoms with Gasteiger partial charge in [-0.3, -0.25) is 9.91 Å². The van der Waals surface area contributed by atoms with Gasteiger partial charge in [-0.15, -0.1) is 11.8 Å². The molecule has 0 spiro atoms. The normalized spacial score (nSPS) is 18.8. The maximum atomic E-state index is 12.9. The lowest BCUT2D eigenvalue weighted by Gasteiger charge is -2.45. The summed E-state index contributed by atoms with van der Waals surface area (Å²) in [6.45, 7) is 2.62. The fraction of sp³-hybridized carbons (Fsp3) is 0.476. The van der Waals surface area contributed by atoms with E-state index in [1.165, 1.54) is 23.4 Å². The fourth-order valence-corrected chi connectivity index (χ4v) is 5.50. The van der Waals surface area contributed by atoms with Crippen molar-refractivity contribution in [3.8, 4) is 0 Å². The molecule has 0 bridgehead atoms. The van der Waals surface area contributed by atoms with Gasteiger partial charge in [0.2, 0.25) is 5.95 Å². The third kappa shape index (κ3) is 3.12. The number of amides is 2. The zero-order valence-corrected chi connectivity index (χ0v) is 18.4. The molecule has 3 heterocycles. The number of carbonyl (C=O) groups excluding carboxylic acids is 1. The molecule has 1 aliphatic carbocycles. The van der Waals surface area contributed by atoms with Crippen molar-refractivity contribution in [3.05, 3.63) is 24.4 Å². The van der Waals surface area contributed by atoms with Gasteiger partial charge in [0.25, 0.3) is 0 Å². The summed E-state index contributed by atoms with van der Waals surface area (Å²) in [5.74, 6) is 2.32. The van der Waals surface area contributed by atoms with Gasteiger partial charge >= 0.3 is 6.03 Å². The van der Waals surface area contributed by atoms with Crippen molar-refractivity contribution in [2.24, 2.45) is 0 Å². The molecule has 1 aromatic carbocycles. The number of nitrogens with one attached hydrogen (secondary N) is 1. The minimum absolute atomic E-state index is 0.0274. The van der Waals surface area contributed by atoms with Crippen molar-refractivity contribution >= 4 is 46.6 Å². The standard InChI is InChI=1S/C21H27N7OS/c1-4-27-21(29)26(3)17-12-22-20(24-19(17)28(27)15-7-5-6-8-15)23-14-9-10-18-16(11-14)25(2)13-30-18/h9-12,15H,4-8,13H2,1-3H3,(H,22,23,24). The fourth-order valence-electron chi connectivity index (χ4n) is 4.50. The second-order valence-electron chi connectivity index (χ2n) is 8.02. The van der Waals surface area contributed by atoms with Crippen molar-refractivity contribution in [1.82, 2.24) is 15.0 Å². The Labute approximate surface area is 181 Å². The van der Waals surface area contributed by atoms with Crippen LogP contribution in [0.25, 0.3) is 0 Å². The van der Waals surface area contributed by atoms with E-state index < -0.39 is 0 Å². The predicted octanol–water partition coefficient (Wildman–Crippen LogP) is 4.28. The second kappa shape index (κ2) is 7.54. The summed E-state index contributed by atoms with van der Waals surface area (Å²) in [5, 5.41) is 7.30. The van der Waals surface area contributed by atoms with E-state index in [-0.39, 0.29) is 6.03 Å². The average Bonchev–Trinajstić information content (AvgIpc) is 3.41. The molecule has 3 aliphatic rings. The smallest absolute Gasteiger partial charge is 0.343 e. The first-order chi connectivity index (χ1) is 14.6. The molecule has 0 atom stereocenters. The van der Waals surface area contributed by atoms with Gasteiger partial charge in [0.15, 0.2) is 5.82 Å². The van der Waals surface area contributed by atoms with E-state index >= 15 is 0 Å². The van der Waals surface area contributed by atoms with Gasteiger partial charge in [0, 0.05) is 31.2 Å². The average molecular weight is 426 g/mol. The van der Waals surface area contributed by atoms with E-state index in [0.717, 1.165) is 35.9 Å². The van der Waals surface area contributed by atoms with Gasteiger partial charge in [-0.05, 0) is 38.0 Å². The first-order valence-corrected chi connectivity index (χ1v) is 11.5. The van der Waals surface area contributed by atoms with Crippen LogP contribution in [-0.2, 0) is 0 Å². The number of hydrogen-bond acceptors (Lipinski definition) is 7. The van der Waals surface area contributed by atoms with E-state index in [9.17, 15) is 4.79 Å². The Bertz CT molecular complexity index is 978. The van der Waals surface area contributed by atoms with Gasteiger partial charge in [-0.1, -0.05) is 12.8 Å². The lowest BCUT2D eigenvalue weighted by Crippen LogP contribution is -2.59. The van der Waals surface area contributed by atoms with Crippen LogP contribution in [0.3, 0.4) is 0 Å². The number of anilines is 5. The molecule has 2 amide bonds. The highest BCUT2D eigenvalue weighted by Crippen LogP contribution is 2.41. The summed E-state index contributed by atoms with van der Waals surface area (Å²) >= 11 is 1.84. The van der Waals surface area contributed by atoms with Gasteiger partial charge < -0.3 is 10.2 Å². The molecule has 1 N–H and O–H groups in total. The first-order valence-electron chi connectivity index (χ1n) is 10.5. The molecule has 30 heavy (non-hydrogen) atoms. The number of benzene rings is 1. The van der Waals surface area contributed by atoms with E-state index in [1.807, 2.05) is 23.7 Å². The Balaban J connectivity index is 1.50. The topological polar surface area (TPSA) is 67.8 Å². The van der Waals surface area contributed by atoms with Crippen LogP contribution in [0.1, 0.15) is 32.6 Å². The minimum atomic E-state index is -0.0274. The summed E-state index contributed by atoms with van der Waals surface area (Å²) < 4.78 is 0. The van der Waals surface area contributed by atoms with Crippen molar-refractivity contribution in [1.29, 1.82) is 0 Å². The van der Waals surface area contributed by atoms with Crippen molar-refractivity contribution in [2.45, 2.75) is 43.5 Å². The highest BCUT2D eigenvalue weighted by atomic mass is 32.2. The Kier molecular flexibility index (Phi) is 4.85. The molecule has 1 saturated carbocycles. The van der Waals surface area contributed by atoms with Crippen LogP contribution in [0.4, 0.5) is 33.6 Å². The maximum absolute atomic E-state index is 12.9. The number of hydrogen-bond donors (Lipinski definition) is 1. The lowest BCUT2D eigenvalue weighted by atomic mass is 10.2. The Hall–Kier alpha value is -2.68. The maximum Gasteiger partial charge on any atom is 0.343 e. The number of rotatable bonds is 4. The van der Waals surface area contributed by atoms with Crippen LogP contribution in [0.15, 0.2) is 29.3 Å². The highest BCUT2D eigenvalue weighted by molar-refractivity contribution is 7.99. The van der Waals surface area contributed by atoms with Crippen molar-refractivity contribution < 1.29 is 4.79 Å². The summed E-state index contributed by atoms with van der Waals surface area (Å²) in [6, 6.07) is 6.62. The number of carbonyl (C=O) groups is 1. The van der Waals surface area contributed by atoms with Gasteiger partial charge in [0.1, 0.15) is 5.69 Å². The number of thioether (sulfide) groups is 1. The molecule has 5 rings (SSSR count).